The van der Waals surface area contributed by atoms with Gasteiger partial charge in [0.15, 0.2) is 5.69 Å². The van der Waals surface area contributed by atoms with Crippen molar-refractivity contribution in [3.8, 4) is 0 Å². The third-order valence-corrected chi connectivity index (χ3v) is 6.20. The number of nitrogens with zero attached hydrogens (tertiary/aromatic N) is 3. The maximum Gasteiger partial charge on any atom is 0.434 e. The summed E-state index contributed by atoms with van der Waals surface area (Å²) >= 11 is 0. The van der Waals surface area contributed by atoms with E-state index < -0.39 is 11.9 Å². The van der Waals surface area contributed by atoms with Gasteiger partial charge in [-0.15, -0.1) is 0 Å². The largest absolute Gasteiger partial charge is 0.434 e. The highest BCUT2D eigenvalue weighted by Crippen LogP contribution is 2.35. The molecule has 170 valence electrons. The van der Waals surface area contributed by atoms with Crippen LogP contribution in [0.25, 0.3) is 0 Å². The Morgan fingerprint density at radius 2 is 1.81 bits per heavy atom. The van der Waals surface area contributed by atoms with E-state index in [0.29, 0.717) is 25.4 Å². The predicted molar refractivity (Wildman–Crippen MR) is 112 cm³/mol. The Kier molecular flexibility index (Phi) is 7.64. The maximum atomic E-state index is 12.6. The first-order valence-electron chi connectivity index (χ1n) is 10.8. The van der Waals surface area contributed by atoms with Crippen LogP contribution in [0.15, 0.2) is 36.8 Å². The third-order valence-electron chi connectivity index (χ3n) is 6.20. The molecule has 0 amide bonds. The second-order valence-electron chi connectivity index (χ2n) is 8.85. The second-order valence-corrected chi connectivity index (χ2v) is 8.85. The number of alkyl halides is 3. The summed E-state index contributed by atoms with van der Waals surface area (Å²) < 4.78 is 44.1. The summed E-state index contributed by atoms with van der Waals surface area (Å²) in [5.74, 6) is 0. The minimum Gasteiger partial charge on any atom is -0.375 e. The fourth-order valence-electron chi connectivity index (χ4n) is 4.06. The molecule has 0 aliphatic heterocycles. The van der Waals surface area contributed by atoms with Crippen molar-refractivity contribution in [3.05, 3.63) is 53.9 Å². The zero-order valence-corrected chi connectivity index (χ0v) is 18.2. The topological polar surface area (TPSA) is 59.9 Å². The van der Waals surface area contributed by atoms with Gasteiger partial charge in [0.25, 0.3) is 0 Å². The quantitative estimate of drug-likeness (QED) is 0.527. The van der Waals surface area contributed by atoms with Crippen molar-refractivity contribution in [1.82, 2.24) is 20.3 Å². The molecule has 2 aromatic heterocycles. The SMILES string of the molecule is CC1(OCC[C@@](C)(CCNCc2cnc(C(F)(F)F)cn2)c2ccccn2)CCCC1. The summed E-state index contributed by atoms with van der Waals surface area (Å²) in [6, 6.07) is 5.94. The Bertz CT molecular complexity index is 808. The predicted octanol–water partition coefficient (Wildman–Crippen LogP) is 5.07. The fourth-order valence-corrected chi connectivity index (χ4v) is 4.06. The van der Waals surface area contributed by atoms with Crippen LogP contribution in [0.3, 0.4) is 0 Å². The summed E-state index contributed by atoms with van der Waals surface area (Å²) in [5.41, 5.74) is 0.339. The number of pyridine rings is 1. The molecule has 1 atom stereocenters. The van der Waals surface area contributed by atoms with Crippen molar-refractivity contribution < 1.29 is 17.9 Å². The van der Waals surface area contributed by atoms with Gasteiger partial charge in [0.1, 0.15) is 0 Å². The van der Waals surface area contributed by atoms with E-state index in [4.69, 9.17) is 4.74 Å². The minimum absolute atomic E-state index is 0.00940. The molecule has 0 aromatic carbocycles. The first-order valence-corrected chi connectivity index (χ1v) is 10.8. The normalized spacial score (nSPS) is 18.1. The van der Waals surface area contributed by atoms with Crippen LogP contribution in [-0.2, 0) is 22.9 Å². The van der Waals surface area contributed by atoms with Gasteiger partial charge in [0.2, 0.25) is 0 Å². The van der Waals surface area contributed by atoms with E-state index in [1.54, 1.807) is 6.20 Å². The van der Waals surface area contributed by atoms with Crippen LogP contribution in [0.5, 0.6) is 0 Å². The van der Waals surface area contributed by atoms with Crippen molar-refractivity contribution in [1.29, 1.82) is 0 Å². The van der Waals surface area contributed by atoms with Gasteiger partial charge in [-0.25, -0.2) is 4.98 Å². The van der Waals surface area contributed by atoms with Crippen LogP contribution < -0.4 is 5.32 Å². The Morgan fingerprint density at radius 3 is 2.42 bits per heavy atom. The molecule has 5 nitrogen and oxygen atoms in total. The lowest BCUT2D eigenvalue weighted by Gasteiger charge is -2.32. The molecule has 0 unspecified atom stereocenters. The van der Waals surface area contributed by atoms with E-state index in [1.165, 1.54) is 19.0 Å². The van der Waals surface area contributed by atoms with E-state index in [1.807, 2.05) is 18.2 Å². The van der Waals surface area contributed by atoms with Gasteiger partial charge in [-0.05, 0) is 51.3 Å². The summed E-state index contributed by atoms with van der Waals surface area (Å²) in [5, 5.41) is 3.27. The van der Waals surface area contributed by atoms with Crippen molar-refractivity contribution in [2.24, 2.45) is 0 Å². The van der Waals surface area contributed by atoms with Crippen LogP contribution >= 0.6 is 0 Å². The molecule has 0 spiro atoms. The molecule has 1 aliphatic rings. The van der Waals surface area contributed by atoms with Crippen LogP contribution in [0.2, 0.25) is 0 Å². The maximum absolute atomic E-state index is 12.6. The number of ether oxygens (including phenoxy) is 1. The zero-order valence-electron chi connectivity index (χ0n) is 18.2. The molecule has 2 aromatic rings. The van der Waals surface area contributed by atoms with Crippen LogP contribution in [0.1, 0.15) is 69.5 Å². The third kappa shape index (κ3) is 6.71. The highest BCUT2D eigenvalue weighted by atomic mass is 19.4. The molecule has 31 heavy (non-hydrogen) atoms. The van der Waals surface area contributed by atoms with Crippen molar-refractivity contribution in [2.75, 3.05) is 13.2 Å². The minimum atomic E-state index is -4.47. The first-order chi connectivity index (χ1) is 14.7. The van der Waals surface area contributed by atoms with Gasteiger partial charge >= 0.3 is 6.18 Å². The Morgan fingerprint density at radius 1 is 1.03 bits per heavy atom. The molecule has 1 saturated carbocycles. The van der Waals surface area contributed by atoms with Gasteiger partial charge in [-0.2, -0.15) is 13.2 Å². The van der Waals surface area contributed by atoms with Gasteiger partial charge < -0.3 is 10.1 Å². The van der Waals surface area contributed by atoms with Crippen molar-refractivity contribution >= 4 is 0 Å². The summed E-state index contributed by atoms with van der Waals surface area (Å²) in [6.07, 6.45) is 5.63. The molecule has 1 fully saturated rings. The van der Waals surface area contributed by atoms with Crippen molar-refractivity contribution in [2.45, 2.75) is 76.1 Å². The van der Waals surface area contributed by atoms with Crippen molar-refractivity contribution in [3.63, 3.8) is 0 Å². The molecular weight excluding hydrogens is 405 g/mol. The van der Waals surface area contributed by atoms with Gasteiger partial charge in [0, 0.05) is 30.5 Å². The van der Waals surface area contributed by atoms with E-state index in [9.17, 15) is 13.2 Å². The number of nitrogens with one attached hydrogen (secondary N) is 1. The molecule has 3 rings (SSSR count). The summed E-state index contributed by atoms with van der Waals surface area (Å²) in [7, 11) is 0. The van der Waals surface area contributed by atoms with E-state index >= 15 is 0 Å². The Balaban J connectivity index is 1.53. The fraction of sp³-hybridized carbons (Fsp3) is 0.609. The summed E-state index contributed by atoms with van der Waals surface area (Å²) in [4.78, 5) is 11.9. The van der Waals surface area contributed by atoms with E-state index in [0.717, 1.165) is 37.6 Å². The Hall–Kier alpha value is -2.06. The molecule has 8 heteroatoms. The van der Waals surface area contributed by atoms with Gasteiger partial charge in [0.05, 0.1) is 23.7 Å². The standard InChI is InChI=1S/C23H31F3N4O/c1-21(19-7-3-6-12-28-19,11-14-31-22(2)8-4-5-9-22)10-13-27-15-18-16-30-20(17-29-18)23(24,25)26/h3,6-7,12,16-17,27H,4-5,8-11,13-15H2,1-2H3/t21-/m1/s1. The molecule has 0 saturated heterocycles. The lowest BCUT2D eigenvalue weighted by Crippen LogP contribution is -2.33. The second kappa shape index (κ2) is 10.0. The monoisotopic (exact) mass is 436 g/mol. The molecule has 2 heterocycles. The van der Waals surface area contributed by atoms with E-state index in [-0.39, 0.29) is 11.0 Å². The highest BCUT2D eigenvalue weighted by molar-refractivity contribution is 5.16. The molecule has 0 radical (unpaired) electrons. The molecule has 0 bridgehead atoms. The summed E-state index contributed by atoms with van der Waals surface area (Å²) in [6.45, 7) is 6.10. The zero-order chi connectivity index (χ0) is 22.4. The van der Waals surface area contributed by atoms with E-state index in [2.05, 4.69) is 34.1 Å². The van der Waals surface area contributed by atoms with Gasteiger partial charge in [-0.1, -0.05) is 25.8 Å². The smallest absolute Gasteiger partial charge is 0.375 e. The lowest BCUT2D eigenvalue weighted by atomic mass is 9.80. The molecule has 1 aliphatic carbocycles. The molecule has 1 N–H and O–H groups in total. The average molecular weight is 437 g/mol. The van der Waals surface area contributed by atoms with Crippen LogP contribution in [0.4, 0.5) is 13.2 Å². The van der Waals surface area contributed by atoms with Crippen LogP contribution in [-0.4, -0.2) is 33.7 Å². The van der Waals surface area contributed by atoms with Crippen LogP contribution in [0, 0.1) is 0 Å². The number of aromatic nitrogens is 3. The molecular formula is C23H31F3N4O. The lowest BCUT2D eigenvalue weighted by molar-refractivity contribution is -0.141. The highest BCUT2D eigenvalue weighted by Gasteiger charge is 2.33. The van der Waals surface area contributed by atoms with Gasteiger partial charge in [-0.3, -0.25) is 9.97 Å². The Labute approximate surface area is 181 Å². The average Bonchev–Trinajstić information content (AvgIpc) is 3.18. The number of halogens is 3. The first kappa shape index (κ1) is 23.6. The number of hydrogen-bond donors (Lipinski definition) is 1. The number of rotatable bonds is 10. The number of hydrogen-bond acceptors (Lipinski definition) is 5.